The van der Waals surface area contributed by atoms with Gasteiger partial charge >= 0.3 is 0 Å². The number of nitrogens with one attached hydrogen (secondary N) is 2. The molecule has 26 heavy (non-hydrogen) atoms. The fourth-order valence-electron chi connectivity index (χ4n) is 2.75. The molecule has 2 amide bonds. The van der Waals surface area contributed by atoms with Crippen LogP contribution in [0, 0.1) is 6.92 Å². The number of carbonyl (C=O) groups is 2. The Balaban J connectivity index is 1.89. The molecular formula is C20H18ClN3O2. The maximum Gasteiger partial charge on any atom is 0.257 e. The molecule has 0 fully saturated rings. The second kappa shape index (κ2) is 7.45. The van der Waals surface area contributed by atoms with E-state index in [-0.39, 0.29) is 11.8 Å². The van der Waals surface area contributed by atoms with Gasteiger partial charge in [0.15, 0.2) is 0 Å². The van der Waals surface area contributed by atoms with Gasteiger partial charge in [0, 0.05) is 25.0 Å². The van der Waals surface area contributed by atoms with Crippen LogP contribution in [-0.2, 0) is 4.79 Å². The lowest BCUT2D eigenvalue weighted by atomic mass is 10.1. The summed E-state index contributed by atoms with van der Waals surface area (Å²) in [5.74, 6) is -0.444. The average Bonchev–Trinajstić information content (AvgIpc) is 3.11. The molecule has 1 aromatic heterocycles. The number of aromatic nitrogens is 1. The van der Waals surface area contributed by atoms with E-state index in [9.17, 15) is 9.59 Å². The highest BCUT2D eigenvalue weighted by atomic mass is 35.5. The predicted molar refractivity (Wildman–Crippen MR) is 104 cm³/mol. The van der Waals surface area contributed by atoms with E-state index in [4.69, 9.17) is 11.6 Å². The minimum absolute atomic E-state index is 0.209. The fraction of sp³-hybridized carbons (Fsp3) is 0.100. The zero-order chi connectivity index (χ0) is 18.7. The van der Waals surface area contributed by atoms with Crippen LogP contribution in [0.2, 0.25) is 5.02 Å². The van der Waals surface area contributed by atoms with Crippen molar-refractivity contribution in [3.63, 3.8) is 0 Å². The summed E-state index contributed by atoms with van der Waals surface area (Å²) in [5.41, 5.74) is 3.43. The van der Waals surface area contributed by atoms with E-state index in [1.165, 1.54) is 6.92 Å². The van der Waals surface area contributed by atoms with Gasteiger partial charge < -0.3 is 15.2 Å². The van der Waals surface area contributed by atoms with Gasteiger partial charge in [0.2, 0.25) is 5.91 Å². The normalized spacial score (nSPS) is 10.4. The van der Waals surface area contributed by atoms with Crippen molar-refractivity contribution in [1.29, 1.82) is 0 Å². The summed E-state index contributed by atoms with van der Waals surface area (Å²) >= 11 is 6.17. The van der Waals surface area contributed by atoms with Gasteiger partial charge in [-0.25, -0.2) is 0 Å². The number of anilines is 2. The molecule has 1 heterocycles. The molecule has 0 atom stereocenters. The minimum atomic E-state index is -0.235. The maximum atomic E-state index is 12.8. The molecule has 0 bridgehead atoms. The smallest absolute Gasteiger partial charge is 0.257 e. The molecule has 0 spiro atoms. The van der Waals surface area contributed by atoms with E-state index in [0.717, 1.165) is 11.3 Å². The fourth-order valence-corrected chi connectivity index (χ4v) is 2.98. The molecule has 3 rings (SSSR count). The third kappa shape index (κ3) is 3.78. The Bertz CT molecular complexity index is 965. The Hall–Kier alpha value is -3.05. The van der Waals surface area contributed by atoms with Crippen molar-refractivity contribution < 1.29 is 9.59 Å². The summed E-state index contributed by atoms with van der Waals surface area (Å²) < 4.78 is 1.91. The van der Waals surface area contributed by atoms with Crippen molar-refractivity contribution in [2.45, 2.75) is 13.8 Å². The number of benzene rings is 2. The number of hydrogen-bond acceptors (Lipinski definition) is 2. The third-order valence-corrected chi connectivity index (χ3v) is 4.20. The van der Waals surface area contributed by atoms with E-state index in [2.05, 4.69) is 10.6 Å². The summed E-state index contributed by atoms with van der Waals surface area (Å²) in [4.78, 5) is 24.0. The van der Waals surface area contributed by atoms with Crippen molar-refractivity contribution in [1.82, 2.24) is 4.57 Å². The molecule has 0 radical (unpaired) electrons. The first kappa shape index (κ1) is 17.8. The third-order valence-electron chi connectivity index (χ3n) is 3.88. The van der Waals surface area contributed by atoms with Crippen LogP contribution >= 0.6 is 11.6 Å². The Labute approximate surface area is 156 Å². The minimum Gasteiger partial charge on any atom is -0.325 e. The molecule has 5 nitrogen and oxygen atoms in total. The zero-order valence-electron chi connectivity index (χ0n) is 14.4. The van der Waals surface area contributed by atoms with Crippen LogP contribution in [0.4, 0.5) is 11.4 Å². The summed E-state index contributed by atoms with van der Waals surface area (Å²) in [6.45, 7) is 3.37. The summed E-state index contributed by atoms with van der Waals surface area (Å²) in [7, 11) is 0. The van der Waals surface area contributed by atoms with Gasteiger partial charge in [-0.3, -0.25) is 9.59 Å². The maximum absolute atomic E-state index is 12.8. The molecule has 3 aromatic rings. The molecule has 0 aliphatic carbocycles. The van der Waals surface area contributed by atoms with E-state index in [1.807, 2.05) is 48.1 Å². The zero-order valence-corrected chi connectivity index (χ0v) is 15.2. The SMILES string of the molecule is CC(=O)Nc1ccc(NC(=O)c2cccc(C)c2-n2cccc2)cc1Cl. The number of hydrogen-bond donors (Lipinski definition) is 2. The lowest BCUT2D eigenvalue weighted by molar-refractivity contribution is -0.114. The van der Waals surface area contributed by atoms with E-state index in [0.29, 0.717) is 22.0 Å². The first-order chi connectivity index (χ1) is 12.5. The van der Waals surface area contributed by atoms with E-state index >= 15 is 0 Å². The number of carbonyl (C=O) groups excluding carboxylic acids is 2. The first-order valence-corrected chi connectivity index (χ1v) is 8.45. The Morgan fingerprint density at radius 3 is 2.38 bits per heavy atom. The Morgan fingerprint density at radius 1 is 1.00 bits per heavy atom. The van der Waals surface area contributed by atoms with Gasteiger partial charge in [-0.15, -0.1) is 0 Å². The number of rotatable bonds is 4. The summed E-state index contributed by atoms with van der Waals surface area (Å²) in [6.07, 6.45) is 3.80. The largest absolute Gasteiger partial charge is 0.325 e. The first-order valence-electron chi connectivity index (χ1n) is 8.07. The second-order valence-corrected chi connectivity index (χ2v) is 6.30. The van der Waals surface area contributed by atoms with Crippen LogP contribution in [0.3, 0.4) is 0 Å². The number of halogens is 1. The quantitative estimate of drug-likeness (QED) is 0.705. The molecular weight excluding hydrogens is 350 g/mol. The van der Waals surface area contributed by atoms with Gasteiger partial charge in [-0.2, -0.15) is 0 Å². The van der Waals surface area contributed by atoms with Crippen molar-refractivity contribution in [3.05, 3.63) is 77.1 Å². The van der Waals surface area contributed by atoms with Crippen molar-refractivity contribution in [2.24, 2.45) is 0 Å². The Morgan fingerprint density at radius 2 is 1.73 bits per heavy atom. The molecule has 0 aliphatic rings. The molecule has 6 heteroatoms. The monoisotopic (exact) mass is 367 g/mol. The van der Waals surface area contributed by atoms with E-state index < -0.39 is 0 Å². The summed E-state index contributed by atoms with van der Waals surface area (Å²) in [5, 5.41) is 5.85. The second-order valence-electron chi connectivity index (χ2n) is 5.89. The van der Waals surface area contributed by atoms with Gasteiger partial charge in [0.1, 0.15) is 0 Å². The van der Waals surface area contributed by atoms with Crippen LogP contribution in [0.1, 0.15) is 22.8 Å². The molecule has 0 saturated carbocycles. The molecule has 0 saturated heterocycles. The lowest BCUT2D eigenvalue weighted by Gasteiger charge is -2.14. The number of amides is 2. The van der Waals surface area contributed by atoms with Crippen LogP contribution in [0.5, 0.6) is 0 Å². The van der Waals surface area contributed by atoms with E-state index in [1.54, 1.807) is 24.3 Å². The topological polar surface area (TPSA) is 63.1 Å². The number of nitrogens with zero attached hydrogens (tertiary/aromatic N) is 1. The molecule has 2 aromatic carbocycles. The van der Waals surface area contributed by atoms with Gasteiger partial charge in [0.25, 0.3) is 5.91 Å². The van der Waals surface area contributed by atoms with Gasteiger partial charge in [-0.1, -0.05) is 23.7 Å². The highest BCUT2D eigenvalue weighted by Gasteiger charge is 2.15. The van der Waals surface area contributed by atoms with Crippen molar-refractivity contribution >= 4 is 34.8 Å². The molecule has 132 valence electrons. The highest BCUT2D eigenvalue weighted by Crippen LogP contribution is 2.27. The van der Waals surface area contributed by atoms with Gasteiger partial charge in [-0.05, 0) is 48.9 Å². The Kier molecular flexibility index (Phi) is 5.09. The van der Waals surface area contributed by atoms with Crippen LogP contribution in [0.25, 0.3) is 5.69 Å². The average molecular weight is 368 g/mol. The van der Waals surface area contributed by atoms with Crippen molar-refractivity contribution in [2.75, 3.05) is 10.6 Å². The lowest BCUT2D eigenvalue weighted by Crippen LogP contribution is -2.15. The molecule has 0 unspecified atom stereocenters. The number of aryl methyl sites for hydroxylation is 1. The van der Waals surface area contributed by atoms with Crippen LogP contribution in [-0.4, -0.2) is 16.4 Å². The van der Waals surface area contributed by atoms with Crippen molar-refractivity contribution in [3.8, 4) is 5.69 Å². The number of para-hydroxylation sites is 1. The molecule has 2 N–H and O–H groups in total. The summed E-state index contributed by atoms with van der Waals surface area (Å²) in [6, 6.07) is 14.4. The van der Waals surface area contributed by atoms with Crippen LogP contribution in [0.15, 0.2) is 60.9 Å². The predicted octanol–water partition coefficient (Wildman–Crippen LogP) is 4.65. The van der Waals surface area contributed by atoms with Crippen LogP contribution < -0.4 is 10.6 Å². The molecule has 0 aliphatic heterocycles. The highest BCUT2D eigenvalue weighted by molar-refractivity contribution is 6.34. The standard InChI is InChI=1S/C20H18ClN3O2/c1-13-6-5-7-16(19(13)24-10-3-4-11-24)20(26)23-15-8-9-18(17(21)12-15)22-14(2)25/h3-12H,1-2H3,(H,22,25)(H,23,26). The van der Waals surface area contributed by atoms with Gasteiger partial charge in [0.05, 0.1) is 22.0 Å².